The van der Waals surface area contributed by atoms with Gasteiger partial charge in [-0.3, -0.25) is 9.78 Å². The number of aliphatic carboxylic acids is 1. The van der Waals surface area contributed by atoms with Gasteiger partial charge in [0.25, 0.3) is 6.43 Å². The number of carboxylic acids is 1. The van der Waals surface area contributed by atoms with Crippen molar-refractivity contribution in [3.63, 3.8) is 0 Å². The maximum atomic E-state index is 12.5. The number of rotatable bonds is 4. The molecule has 1 heterocycles. The molecule has 0 amide bonds. The van der Waals surface area contributed by atoms with Crippen molar-refractivity contribution < 1.29 is 18.7 Å². The molecule has 16 heavy (non-hydrogen) atoms. The summed E-state index contributed by atoms with van der Waals surface area (Å²) in [5.74, 6) is -1.15. The predicted octanol–water partition coefficient (Wildman–Crippen LogP) is 3.15. The summed E-state index contributed by atoms with van der Waals surface area (Å²) in [5.41, 5.74) is 0.158. The molecule has 7 heteroatoms. The summed E-state index contributed by atoms with van der Waals surface area (Å²) in [7, 11) is 0. The summed E-state index contributed by atoms with van der Waals surface area (Å²) in [6.07, 6.45) is -2.10. The molecule has 1 N–H and O–H groups in total. The van der Waals surface area contributed by atoms with Crippen LogP contribution in [0.4, 0.5) is 8.78 Å². The number of carboxylic acid groups (broad SMARTS) is 1. The lowest BCUT2D eigenvalue weighted by Crippen LogP contribution is -2.07. The van der Waals surface area contributed by atoms with E-state index in [0.717, 1.165) is 6.20 Å². The lowest BCUT2D eigenvalue weighted by molar-refractivity contribution is -0.136. The molecule has 0 aliphatic heterocycles. The van der Waals surface area contributed by atoms with Gasteiger partial charge < -0.3 is 5.11 Å². The fourth-order valence-corrected chi connectivity index (χ4v) is 2.06. The summed E-state index contributed by atoms with van der Waals surface area (Å²) < 4.78 is 25.1. The van der Waals surface area contributed by atoms with Gasteiger partial charge >= 0.3 is 5.97 Å². The first-order valence-electron chi connectivity index (χ1n) is 4.19. The van der Waals surface area contributed by atoms with Crippen LogP contribution in [0.25, 0.3) is 0 Å². The Balaban J connectivity index is 3.28. The molecule has 0 aliphatic carbocycles. The van der Waals surface area contributed by atoms with Crippen LogP contribution < -0.4 is 0 Å². The minimum Gasteiger partial charge on any atom is -0.481 e. The Morgan fingerprint density at radius 2 is 2.25 bits per heavy atom. The number of pyridine rings is 1. The van der Waals surface area contributed by atoms with E-state index in [9.17, 15) is 13.6 Å². The van der Waals surface area contributed by atoms with Crippen LogP contribution in [0.1, 0.15) is 23.2 Å². The van der Waals surface area contributed by atoms with Crippen LogP contribution in [-0.4, -0.2) is 16.1 Å². The average Bonchev–Trinajstić information content (AvgIpc) is 2.19. The van der Waals surface area contributed by atoms with Gasteiger partial charge in [-0.2, -0.15) is 0 Å². The largest absolute Gasteiger partial charge is 0.481 e. The van der Waals surface area contributed by atoms with Crippen molar-refractivity contribution in [3.8, 4) is 0 Å². The highest BCUT2D eigenvalue weighted by Gasteiger charge is 2.19. The van der Waals surface area contributed by atoms with Crippen molar-refractivity contribution in [1.29, 1.82) is 0 Å². The van der Waals surface area contributed by atoms with Crippen LogP contribution >= 0.6 is 27.5 Å². The zero-order chi connectivity index (χ0) is 12.3. The molecule has 3 nitrogen and oxygen atoms in total. The Bertz CT molecular complexity index is 415. The Morgan fingerprint density at radius 1 is 1.62 bits per heavy atom. The molecule has 0 fully saturated rings. The minimum absolute atomic E-state index is 0.0231. The van der Waals surface area contributed by atoms with Crippen molar-refractivity contribution in [2.24, 2.45) is 0 Å². The summed E-state index contributed by atoms with van der Waals surface area (Å²) in [6.45, 7) is 0. The molecule has 0 atom stereocenters. The second kappa shape index (κ2) is 5.54. The third kappa shape index (κ3) is 2.89. The number of aromatic nitrogens is 1. The molecule has 1 aromatic rings. The smallest absolute Gasteiger partial charge is 0.307 e. The van der Waals surface area contributed by atoms with E-state index >= 15 is 0 Å². The van der Waals surface area contributed by atoms with Gasteiger partial charge in [0.15, 0.2) is 0 Å². The normalized spacial score (nSPS) is 10.8. The number of alkyl halides is 3. The van der Waals surface area contributed by atoms with E-state index in [1.54, 1.807) is 0 Å². The average molecular weight is 315 g/mol. The van der Waals surface area contributed by atoms with Crippen LogP contribution in [0.15, 0.2) is 10.7 Å². The summed E-state index contributed by atoms with van der Waals surface area (Å²) in [5, 5.41) is 8.66. The second-order valence-corrected chi connectivity index (χ2v) is 4.02. The first-order chi connectivity index (χ1) is 7.47. The van der Waals surface area contributed by atoms with Crippen molar-refractivity contribution in [3.05, 3.63) is 27.5 Å². The highest BCUT2D eigenvalue weighted by atomic mass is 79.9. The SMILES string of the molecule is O=C(O)Cc1c(CCl)ncc(C(F)F)c1Br. The molecule has 0 radical (unpaired) electrons. The van der Waals surface area contributed by atoms with Gasteiger partial charge in [-0.15, -0.1) is 11.6 Å². The van der Waals surface area contributed by atoms with E-state index in [-0.39, 0.29) is 21.5 Å². The van der Waals surface area contributed by atoms with E-state index in [1.165, 1.54) is 0 Å². The molecule has 0 spiro atoms. The maximum Gasteiger partial charge on any atom is 0.307 e. The zero-order valence-corrected chi connectivity index (χ0v) is 10.2. The Labute approximate surface area is 104 Å². The van der Waals surface area contributed by atoms with Crippen molar-refractivity contribution in [1.82, 2.24) is 4.98 Å². The van der Waals surface area contributed by atoms with Crippen LogP contribution in [0.5, 0.6) is 0 Å². The van der Waals surface area contributed by atoms with Crippen molar-refractivity contribution in [2.45, 2.75) is 18.7 Å². The van der Waals surface area contributed by atoms with Gasteiger partial charge in [0.1, 0.15) is 0 Å². The predicted molar refractivity (Wildman–Crippen MR) is 57.8 cm³/mol. The van der Waals surface area contributed by atoms with Crippen molar-refractivity contribution >= 4 is 33.5 Å². The molecule has 0 bridgehead atoms. The second-order valence-electron chi connectivity index (χ2n) is 2.96. The monoisotopic (exact) mass is 313 g/mol. The van der Waals surface area contributed by atoms with Gasteiger partial charge in [-0.25, -0.2) is 8.78 Å². The molecule has 0 aromatic carbocycles. The molecule has 0 unspecified atom stereocenters. The number of hydrogen-bond donors (Lipinski definition) is 1. The van der Waals surface area contributed by atoms with Crippen molar-refractivity contribution in [2.75, 3.05) is 0 Å². The zero-order valence-electron chi connectivity index (χ0n) is 7.88. The molecule has 1 rings (SSSR count). The van der Waals surface area contributed by atoms with E-state index in [2.05, 4.69) is 20.9 Å². The molecular weight excluding hydrogens is 307 g/mol. The highest BCUT2D eigenvalue weighted by Crippen LogP contribution is 2.31. The Morgan fingerprint density at radius 3 is 2.69 bits per heavy atom. The molecular formula is C9H7BrClF2NO2. The maximum absolute atomic E-state index is 12.5. The molecule has 88 valence electrons. The van der Waals surface area contributed by atoms with Crippen LogP contribution in [0.2, 0.25) is 0 Å². The highest BCUT2D eigenvalue weighted by molar-refractivity contribution is 9.10. The first kappa shape index (κ1) is 13.3. The number of hydrogen-bond acceptors (Lipinski definition) is 2. The summed E-state index contributed by atoms with van der Waals surface area (Å²) >= 11 is 8.52. The van der Waals surface area contributed by atoms with E-state index < -0.39 is 18.8 Å². The van der Waals surface area contributed by atoms with Crippen LogP contribution in [0, 0.1) is 0 Å². The van der Waals surface area contributed by atoms with E-state index in [1.807, 2.05) is 0 Å². The van der Waals surface area contributed by atoms with Gasteiger partial charge in [-0.05, 0) is 15.9 Å². The quantitative estimate of drug-likeness (QED) is 0.869. The van der Waals surface area contributed by atoms with Crippen LogP contribution in [-0.2, 0) is 17.1 Å². The minimum atomic E-state index is -2.71. The van der Waals surface area contributed by atoms with Crippen LogP contribution in [0.3, 0.4) is 0 Å². The van der Waals surface area contributed by atoms with E-state index in [4.69, 9.17) is 16.7 Å². The van der Waals surface area contributed by atoms with Gasteiger partial charge in [0.2, 0.25) is 0 Å². The fourth-order valence-electron chi connectivity index (χ4n) is 1.18. The third-order valence-corrected chi connectivity index (χ3v) is 3.11. The Hall–Kier alpha value is -0.750. The molecule has 0 saturated heterocycles. The number of carbonyl (C=O) groups is 1. The molecule has 1 aromatic heterocycles. The topological polar surface area (TPSA) is 50.2 Å². The fraction of sp³-hybridized carbons (Fsp3) is 0.333. The van der Waals surface area contributed by atoms with Gasteiger partial charge in [-0.1, -0.05) is 0 Å². The number of halogens is 4. The summed E-state index contributed by atoms with van der Waals surface area (Å²) in [6, 6.07) is 0. The van der Waals surface area contributed by atoms with E-state index in [0.29, 0.717) is 5.69 Å². The standard InChI is InChI=1S/C9H7BrClF2NO2/c10-8-4(1-7(15)16)6(2-11)14-3-5(8)9(12)13/h3,9H,1-2H2,(H,15,16). The summed E-state index contributed by atoms with van der Waals surface area (Å²) in [4.78, 5) is 14.3. The lowest BCUT2D eigenvalue weighted by Gasteiger charge is -2.10. The molecule has 0 saturated carbocycles. The lowest BCUT2D eigenvalue weighted by atomic mass is 10.1. The van der Waals surface area contributed by atoms with Gasteiger partial charge in [0.05, 0.1) is 23.6 Å². The molecule has 0 aliphatic rings. The number of nitrogens with zero attached hydrogens (tertiary/aromatic N) is 1. The Kier molecular flexibility index (Phi) is 4.61. The third-order valence-electron chi connectivity index (χ3n) is 1.92. The first-order valence-corrected chi connectivity index (χ1v) is 5.52. The van der Waals surface area contributed by atoms with Gasteiger partial charge in [0, 0.05) is 16.2 Å².